The second-order valence-electron chi connectivity index (χ2n) is 6.33. The zero-order valence-electron chi connectivity index (χ0n) is 15.1. The Kier molecular flexibility index (Phi) is 5.53. The summed E-state index contributed by atoms with van der Waals surface area (Å²) >= 11 is 0. The molecular weight excluding hydrogens is 330 g/mol. The molecule has 0 atom stereocenters. The van der Waals surface area contributed by atoms with Gasteiger partial charge in [-0.1, -0.05) is 12.1 Å². The van der Waals surface area contributed by atoms with Crippen LogP contribution in [0.3, 0.4) is 0 Å². The van der Waals surface area contributed by atoms with Crippen molar-refractivity contribution in [3.63, 3.8) is 0 Å². The van der Waals surface area contributed by atoms with Crippen LogP contribution in [0.15, 0.2) is 48.5 Å². The van der Waals surface area contributed by atoms with E-state index >= 15 is 0 Å². The molecule has 1 saturated heterocycles. The summed E-state index contributed by atoms with van der Waals surface area (Å²) in [5, 5.41) is 2.99. The van der Waals surface area contributed by atoms with Crippen molar-refractivity contribution in [3.8, 4) is 0 Å². The van der Waals surface area contributed by atoms with Crippen LogP contribution in [0.2, 0.25) is 0 Å². The Bertz CT molecular complexity index is 781. The van der Waals surface area contributed by atoms with E-state index in [0.717, 1.165) is 37.6 Å². The van der Waals surface area contributed by atoms with Gasteiger partial charge in [-0.25, -0.2) is 4.79 Å². The highest BCUT2D eigenvalue weighted by Gasteiger charge is 2.18. The summed E-state index contributed by atoms with van der Waals surface area (Å²) in [6.45, 7) is 3.85. The molecule has 6 nitrogen and oxygen atoms in total. The number of hydrogen-bond donors (Lipinski definition) is 1. The molecule has 0 unspecified atom stereocenters. The number of rotatable bonds is 4. The molecule has 1 N–H and O–H groups in total. The van der Waals surface area contributed by atoms with Crippen molar-refractivity contribution < 1.29 is 14.3 Å². The van der Waals surface area contributed by atoms with Gasteiger partial charge in [0.1, 0.15) is 0 Å². The van der Waals surface area contributed by atoms with E-state index in [-0.39, 0.29) is 5.91 Å². The van der Waals surface area contributed by atoms with E-state index in [4.69, 9.17) is 0 Å². The Balaban J connectivity index is 1.74. The maximum atomic E-state index is 12.6. The van der Waals surface area contributed by atoms with E-state index in [1.165, 1.54) is 7.11 Å². The number of methoxy groups -OCH3 is 1. The number of benzene rings is 2. The van der Waals surface area contributed by atoms with E-state index in [1.54, 1.807) is 24.3 Å². The molecule has 0 spiro atoms. The molecule has 1 heterocycles. The van der Waals surface area contributed by atoms with Crippen LogP contribution in [0, 0.1) is 0 Å². The summed E-state index contributed by atoms with van der Waals surface area (Å²) in [5.41, 5.74) is 2.73. The molecule has 136 valence electrons. The third-order valence-electron chi connectivity index (χ3n) is 4.56. The van der Waals surface area contributed by atoms with Gasteiger partial charge in [-0.2, -0.15) is 0 Å². The summed E-state index contributed by atoms with van der Waals surface area (Å²) < 4.78 is 4.67. The van der Waals surface area contributed by atoms with Crippen LogP contribution in [0.4, 0.5) is 11.4 Å². The average Bonchev–Trinajstić information content (AvgIpc) is 2.68. The first-order valence-electron chi connectivity index (χ1n) is 8.61. The van der Waals surface area contributed by atoms with Crippen LogP contribution in [-0.4, -0.2) is 57.1 Å². The van der Waals surface area contributed by atoms with Crippen LogP contribution in [0.5, 0.6) is 0 Å². The molecular formula is C20H23N3O3. The second kappa shape index (κ2) is 8.01. The Labute approximate surface area is 153 Å². The molecule has 0 aromatic heterocycles. The third kappa shape index (κ3) is 4.03. The lowest BCUT2D eigenvalue weighted by Gasteiger charge is -2.35. The zero-order chi connectivity index (χ0) is 18.5. The fraction of sp³-hybridized carbons (Fsp3) is 0.300. The maximum absolute atomic E-state index is 12.6. The van der Waals surface area contributed by atoms with Gasteiger partial charge in [0.2, 0.25) is 0 Å². The summed E-state index contributed by atoms with van der Waals surface area (Å²) in [5.74, 6) is -0.625. The molecule has 0 aliphatic carbocycles. The summed E-state index contributed by atoms with van der Waals surface area (Å²) in [4.78, 5) is 28.7. The number of para-hydroxylation sites is 2. The molecule has 6 heteroatoms. The lowest BCUT2D eigenvalue weighted by molar-refractivity contribution is 0.0600. The molecule has 1 amide bonds. The van der Waals surface area contributed by atoms with E-state index < -0.39 is 5.97 Å². The first kappa shape index (κ1) is 17.9. The van der Waals surface area contributed by atoms with Crippen LogP contribution >= 0.6 is 0 Å². The number of esters is 1. The number of amides is 1. The van der Waals surface area contributed by atoms with Crippen molar-refractivity contribution in [1.82, 2.24) is 4.90 Å². The topological polar surface area (TPSA) is 61.9 Å². The largest absolute Gasteiger partial charge is 0.465 e. The number of ether oxygens (including phenoxy) is 1. The van der Waals surface area contributed by atoms with Gasteiger partial charge in [-0.15, -0.1) is 0 Å². The van der Waals surface area contributed by atoms with E-state index in [1.807, 2.05) is 24.3 Å². The number of anilines is 2. The minimum Gasteiger partial charge on any atom is -0.465 e. The van der Waals surface area contributed by atoms with Gasteiger partial charge >= 0.3 is 5.97 Å². The Morgan fingerprint density at radius 3 is 2.19 bits per heavy atom. The van der Waals surface area contributed by atoms with E-state index in [0.29, 0.717) is 11.1 Å². The van der Waals surface area contributed by atoms with Gasteiger partial charge < -0.3 is 19.9 Å². The third-order valence-corrected chi connectivity index (χ3v) is 4.56. The van der Waals surface area contributed by atoms with Gasteiger partial charge in [0, 0.05) is 31.7 Å². The molecule has 26 heavy (non-hydrogen) atoms. The van der Waals surface area contributed by atoms with Crippen LogP contribution < -0.4 is 10.2 Å². The molecule has 3 rings (SSSR count). The summed E-state index contributed by atoms with van der Waals surface area (Å²) in [7, 11) is 3.45. The maximum Gasteiger partial charge on any atom is 0.337 e. The number of nitrogens with zero attached hydrogens (tertiary/aromatic N) is 2. The van der Waals surface area contributed by atoms with E-state index in [9.17, 15) is 9.59 Å². The van der Waals surface area contributed by atoms with Crippen LogP contribution in [0.1, 0.15) is 20.7 Å². The molecule has 2 aromatic rings. The minimum absolute atomic E-state index is 0.206. The fourth-order valence-corrected chi connectivity index (χ4v) is 2.97. The molecule has 1 aliphatic heterocycles. The lowest BCUT2D eigenvalue weighted by atomic mass is 10.1. The number of hydrogen-bond acceptors (Lipinski definition) is 5. The van der Waals surface area contributed by atoms with Gasteiger partial charge in [0.25, 0.3) is 5.91 Å². The zero-order valence-corrected chi connectivity index (χ0v) is 15.1. The second-order valence-corrected chi connectivity index (χ2v) is 6.33. The normalized spacial score (nSPS) is 14.8. The van der Waals surface area contributed by atoms with Crippen molar-refractivity contribution in [2.24, 2.45) is 0 Å². The Hall–Kier alpha value is -2.86. The van der Waals surface area contributed by atoms with Crippen molar-refractivity contribution in [1.29, 1.82) is 0 Å². The number of likely N-dealkylation sites (N-methyl/N-ethyl adjacent to an activating group) is 1. The highest BCUT2D eigenvalue weighted by atomic mass is 16.5. The number of carbonyl (C=O) groups is 2. The highest BCUT2D eigenvalue weighted by molar-refractivity contribution is 6.06. The van der Waals surface area contributed by atoms with Gasteiger partial charge in [0.15, 0.2) is 0 Å². The van der Waals surface area contributed by atoms with Crippen LogP contribution in [-0.2, 0) is 4.74 Å². The predicted molar refractivity (Wildman–Crippen MR) is 102 cm³/mol. The van der Waals surface area contributed by atoms with Gasteiger partial charge in [-0.05, 0) is 43.4 Å². The first-order valence-corrected chi connectivity index (χ1v) is 8.61. The smallest absolute Gasteiger partial charge is 0.337 e. The Morgan fingerprint density at radius 1 is 0.923 bits per heavy atom. The van der Waals surface area contributed by atoms with Crippen molar-refractivity contribution in [2.75, 3.05) is 50.6 Å². The molecule has 1 fully saturated rings. The number of carbonyl (C=O) groups excluding carboxylic acids is 2. The first-order chi connectivity index (χ1) is 12.6. The molecule has 1 aliphatic rings. The number of nitrogens with one attached hydrogen (secondary N) is 1. The fourth-order valence-electron chi connectivity index (χ4n) is 2.97. The quantitative estimate of drug-likeness (QED) is 0.856. The predicted octanol–water partition coefficient (Wildman–Crippen LogP) is 2.48. The summed E-state index contributed by atoms with van der Waals surface area (Å²) in [6, 6.07) is 14.3. The lowest BCUT2D eigenvalue weighted by Crippen LogP contribution is -2.44. The Morgan fingerprint density at radius 2 is 1.54 bits per heavy atom. The van der Waals surface area contributed by atoms with Crippen molar-refractivity contribution in [3.05, 3.63) is 59.7 Å². The average molecular weight is 353 g/mol. The van der Waals surface area contributed by atoms with Crippen LogP contribution in [0.25, 0.3) is 0 Å². The van der Waals surface area contributed by atoms with Crippen molar-refractivity contribution in [2.45, 2.75) is 0 Å². The SMILES string of the molecule is COC(=O)c1ccc(C(=O)Nc2ccccc2N2CCN(C)CC2)cc1. The highest BCUT2D eigenvalue weighted by Crippen LogP contribution is 2.27. The molecule has 0 saturated carbocycles. The monoisotopic (exact) mass is 353 g/mol. The van der Waals surface area contributed by atoms with Crippen molar-refractivity contribution >= 4 is 23.3 Å². The molecule has 0 bridgehead atoms. The summed E-state index contributed by atoms with van der Waals surface area (Å²) in [6.07, 6.45) is 0. The molecule has 2 aromatic carbocycles. The molecule has 0 radical (unpaired) electrons. The van der Waals surface area contributed by atoms with Gasteiger partial charge in [0.05, 0.1) is 24.0 Å². The number of piperazine rings is 1. The van der Waals surface area contributed by atoms with E-state index in [2.05, 4.69) is 26.9 Å². The van der Waals surface area contributed by atoms with Gasteiger partial charge in [-0.3, -0.25) is 4.79 Å². The minimum atomic E-state index is -0.419. The standard InChI is InChI=1S/C20H23N3O3/c1-22-11-13-23(14-12-22)18-6-4-3-5-17(18)21-19(24)15-7-9-16(10-8-15)20(25)26-2/h3-10H,11-14H2,1-2H3,(H,21,24).